The topological polar surface area (TPSA) is 69.7 Å². The van der Waals surface area contributed by atoms with E-state index in [0.29, 0.717) is 18.7 Å². The Morgan fingerprint density at radius 2 is 1.68 bits per heavy atom. The third kappa shape index (κ3) is 6.63. The lowest BCUT2D eigenvalue weighted by molar-refractivity contribution is -0.139. The van der Waals surface area contributed by atoms with E-state index in [-0.39, 0.29) is 25.4 Å². The summed E-state index contributed by atoms with van der Waals surface area (Å²) in [7, 11) is -3.46. The highest BCUT2D eigenvalue weighted by Gasteiger charge is 2.30. The summed E-state index contributed by atoms with van der Waals surface area (Å²) < 4.78 is 62.3. The molecule has 0 radical (unpaired) electrons. The number of amides is 1. The second kappa shape index (κ2) is 8.15. The number of hydrogen-bond donors (Lipinski definition) is 1. The van der Waals surface area contributed by atoms with Gasteiger partial charge in [-0.05, 0) is 5.56 Å². The van der Waals surface area contributed by atoms with Gasteiger partial charge < -0.3 is 5.32 Å². The average molecular weight is 379 g/mol. The van der Waals surface area contributed by atoms with Crippen LogP contribution in [0.4, 0.5) is 13.2 Å². The van der Waals surface area contributed by atoms with Gasteiger partial charge in [0.1, 0.15) is 6.54 Å². The molecule has 10 heteroatoms. The van der Waals surface area contributed by atoms with Crippen LogP contribution < -0.4 is 5.32 Å². The van der Waals surface area contributed by atoms with Crippen LogP contribution in [-0.2, 0) is 20.6 Å². The summed E-state index contributed by atoms with van der Waals surface area (Å²) in [5, 5.41) is 1.81. The van der Waals surface area contributed by atoms with Gasteiger partial charge in [-0.15, -0.1) is 0 Å². The van der Waals surface area contributed by atoms with Crippen molar-refractivity contribution in [3.8, 4) is 0 Å². The van der Waals surface area contributed by atoms with Gasteiger partial charge in [-0.1, -0.05) is 30.3 Å². The van der Waals surface area contributed by atoms with E-state index < -0.39 is 28.7 Å². The van der Waals surface area contributed by atoms with Crippen molar-refractivity contribution in [2.24, 2.45) is 0 Å². The van der Waals surface area contributed by atoms with Gasteiger partial charge in [0, 0.05) is 26.2 Å². The zero-order valence-electron chi connectivity index (χ0n) is 13.5. The van der Waals surface area contributed by atoms with Crippen LogP contribution in [0, 0.1) is 0 Å². The molecule has 25 heavy (non-hydrogen) atoms. The molecule has 0 aromatic heterocycles. The van der Waals surface area contributed by atoms with Crippen LogP contribution in [0.25, 0.3) is 0 Å². The smallest absolute Gasteiger partial charge is 0.346 e. The first-order chi connectivity index (χ1) is 11.7. The fourth-order valence-electron chi connectivity index (χ4n) is 2.50. The van der Waals surface area contributed by atoms with Crippen molar-refractivity contribution in [2.75, 3.05) is 39.3 Å². The lowest BCUT2D eigenvalue weighted by Gasteiger charge is -2.33. The highest BCUT2D eigenvalue weighted by Crippen LogP contribution is 2.14. The van der Waals surface area contributed by atoms with Crippen molar-refractivity contribution in [1.29, 1.82) is 0 Å². The predicted octanol–water partition coefficient (Wildman–Crippen LogP) is 0.812. The van der Waals surface area contributed by atoms with Crippen molar-refractivity contribution in [1.82, 2.24) is 14.5 Å². The molecule has 1 aliphatic heterocycles. The molecular weight excluding hydrogens is 359 g/mol. The predicted molar refractivity (Wildman–Crippen MR) is 86.1 cm³/mol. The molecule has 1 amide bonds. The molecule has 0 bridgehead atoms. The summed E-state index contributed by atoms with van der Waals surface area (Å²) in [6.07, 6.45) is -4.44. The highest BCUT2D eigenvalue weighted by atomic mass is 32.2. The van der Waals surface area contributed by atoms with Crippen molar-refractivity contribution in [2.45, 2.75) is 11.9 Å². The van der Waals surface area contributed by atoms with E-state index in [2.05, 4.69) is 0 Å². The van der Waals surface area contributed by atoms with Crippen LogP contribution in [0.2, 0.25) is 0 Å². The summed E-state index contributed by atoms with van der Waals surface area (Å²) in [6, 6.07) is 8.81. The van der Waals surface area contributed by atoms with Gasteiger partial charge in [-0.25, -0.2) is 8.42 Å². The largest absolute Gasteiger partial charge is 0.405 e. The van der Waals surface area contributed by atoms with E-state index >= 15 is 0 Å². The number of benzene rings is 1. The Kier molecular flexibility index (Phi) is 6.42. The van der Waals surface area contributed by atoms with E-state index in [1.54, 1.807) is 40.5 Å². The first kappa shape index (κ1) is 19.7. The standard InChI is InChI=1S/C15H20F3N3O3S/c16-15(17,18)12-19-14(22)10-20-6-8-21(9-7-20)25(23,24)11-13-4-2-1-3-5-13/h1-5H,6-12H2,(H,19,22). The normalized spacial score (nSPS) is 17.4. The number of carbonyl (C=O) groups excluding carboxylic acids is 1. The molecule has 0 aliphatic carbocycles. The average Bonchev–Trinajstić information content (AvgIpc) is 2.53. The Hall–Kier alpha value is -1.65. The van der Waals surface area contributed by atoms with Gasteiger partial charge in [0.2, 0.25) is 15.9 Å². The van der Waals surface area contributed by atoms with E-state index in [1.165, 1.54) is 4.31 Å². The Morgan fingerprint density at radius 1 is 1.08 bits per heavy atom. The molecule has 6 nitrogen and oxygen atoms in total. The van der Waals surface area contributed by atoms with E-state index in [9.17, 15) is 26.4 Å². The number of alkyl halides is 3. The van der Waals surface area contributed by atoms with Crippen LogP contribution in [0.3, 0.4) is 0 Å². The summed E-state index contributed by atoms with van der Waals surface area (Å²) in [5.41, 5.74) is 0.691. The molecule has 1 aromatic carbocycles. The molecule has 1 heterocycles. The third-order valence-electron chi connectivity index (χ3n) is 3.77. The van der Waals surface area contributed by atoms with Crippen LogP contribution in [-0.4, -0.2) is 69.0 Å². The number of nitrogens with one attached hydrogen (secondary N) is 1. The van der Waals surface area contributed by atoms with Crippen LogP contribution in [0.15, 0.2) is 30.3 Å². The Labute approximate surface area is 144 Å². The molecule has 0 unspecified atom stereocenters. The molecule has 1 fully saturated rings. The summed E-state index contributed by atoms with van der Waals surface area (Å²) in [4.78, 5) is 13.1. The Bertz CT molecular complexity index is 672. The molecule has 0 saturated carbocycles. The number of rotatable bonds is 6. The monoisotopic (exact) mass is 379 g/mol. The SMILES string of the molecule is O=C(CN1CCN(S(=O)(=O)Cc2ccccc2)CC1)NCC(F)(F)F. The second-order valence-corrected chi connectivity index (χ2v) is 7.78. The van der Waals surface area contributed by atoms with Crippen molar-refractivity contribution in [3.05, 3.63) is 35.9 Å². The fourth-order valence-corrected chi connectivity index (χ4v) is 4.02. The zero-order valence-corrected chi connectivity index (χ0v) is 14.3. The molecule has 140 valence electrons. The number of halogens is 3. The molecule has 1 N–H and O–H groups in total. The van der Waals surface area contributed by atoms with Gasteiger partial charge in [0.25, 0.3) is 0 Å². The lowest BCUT2D eigenvalue weighted by Crippen LogP contribution is -2.51. The van der Waals surface area contributed by atoms with Gasteiger partial charge in [-0.3, -0.25) is 9.69 Å². The maximum atomic E-state index is 12.4. The third-order valence-corrected chi connectivity index (χ3v) is 5.62. The number of nitrogens with zero attached hydrogens (tertiary/aromatic N) is 2. The van der Waals surface area contributed by atoms with Crippen molar-refractivity contribution >= 4 is 15.9 Å². The van der Waals surface area contributed by atoms with Crippen LogP contribution >= 0.6 is 0 Å². The van der Waals surface area contributed by atoms with E-state index in [0.717, 1.165) is 0 Å². The fraction of sp³-hybridized carbons (Fsp3) is 0.533. The second-order valence-electron chi connectivity index (χ2n) is 5.81. The van der Waals surface area contributed by atoms with E-state index in [1.807, 2.05) is 0 Å². The van der Waals surface area contributed by atoms with Crippen LogP contribution in [0.1, 0.15) is 5.56 Å². The maximum absolute atomic E-state index is 12.4. The van der Waals surface area contributed by atoms with Gasteiger partial charge in [-0.2, -0.15) is 17.5 Å². The molecule has 0 atom stereocenters. The number of piperazine rings is 1. The quantitative estimate of drug-likeness (QED) is 0.794. The van der Waals surface area contributed by atoms with Crippen LogP contribution in [0.5, 0.6) is 0 Å². The molecule has 0 spiro atoms. The highest BCUT2D eigenvalue weighted by molar-refractivity contribution is 7.88. The number of sulfonamides is 1. The summed E-state index contributed by atoms with van der Waals surface area (Å²) in [5.74, 6) is -0.821. The first-order valence-corrected chi connectivity index (χ1v) is 9.34. The molecule has 1 aromatic rings. The van der Waals surface area contributed by atoms with Gasteiger partial charge >= 0.3 is 6.18 Å². The summed E-state index contributed by atoms with van der Waals surface area (Å²) in [6.45, 7) is -0.524. The first-order valence-electron chi connectivity index (χ1n) is 7.73. The van der Waals surface area contributed by atoms with Gasteiger partial charge in [0.05, 0.1) is 12.3 Å². The molecule has 2 rings (SSSR count). The van der Waals surface area contributed by atoms with E-state index in [4.69, 9.17) is 0 Å². The maximum Gasteiger partial charge on any atom is 0.405 e. The van der Waals surface area contributed by atoms with Crippen molar-refractivity contribution in [3.63, 3.8) is 0 Å². The minimum atomic E-state index is -4.44. The minimum Gasteiger partial charge on any atom is -0.346 e. The lowest BCUT2D eigenvalue weighted by atomic mass is 10.2. The molecule has 1 saturated heterocycles. The molecule has 1 aliphatic rings. The van der Waals surface area contributed by atoms with Crippen molar-refractivity contribution < 1.29 is 26.4 Å². The molecular formula is C15H20F3N3O3S. The zero-order chi connectivity index (χ0) is 18.5. The minimum absolute atomic E-state index is 0.0973. The Morgan fingerprint density at radius 3 is 2.24 bits per heavy atom. The summed E-state index contributed by atoms with van der Waals surface area (Å²) >= 11 is 0. The Balaban J connectivity index is 1.80. The number of hydrogen-bond acceptors (Lipinski definition) is 4. The number of carbonyl (C=O) groups is 1. The van der Waals surface area contributed by atoms with Gasteiger partial charge in [0.15, 0.2) is 0 Å².